The van der Waals surface area contributed by atoms with Crippen LogP contribution in [0.3, 0.4) is 0 Å². The molecule has 2 nitrogen and oxygen atoms in total. The molecule has 0 N–H and O–H groups in total. The van der Waals surface area contributed by atoms with Crippen LogP contribution in [0.4, 0.5) is 0 Å². The van der Waals surface area contributed by atoms with E-state index in [-0.39, 0.29) is 5.25 Å². The van der Waals surface area contributed by atoms with Crippen molar-refractivity contribution < 1.29 is 8.76 Å². The van der Waals surface area contributed by atoms with E-state index in [1.807, 2.05) is 19.9 Å². The summed E-state index contributed by atoms with van der Waals surface area (Å²) in [6.45, 7) is 18.1. The summed E-state index contributed by atoms with van der Waals surface area (Å²) in [5, 5.41) is -0.350. The largest absolute Gasteiger partial charge is 0.772 e. The molecule has 0 saturated heterocycles. The van der Waals surface area contributed by atoms with Gasteiger partial charge in [-0.2, -0.15) is 0 Å². The van der Waals surface area contributed by atoms with Crippen molar-refractivity contribution in [3.05, 3.63) is 34.4 Å². The summed E-state index contributed by atoms with van der Waals surface area (Å²) >= 11 is -2.01. The second-order valence-electron chi connectivity index (χ2n) is 9.22. The van der Waals surface area contributed by atoms with E-state index in [0.29, 0.717) is 23.7 Å². The molecule has 3 heteroatoms. The minimum absolute atomic E-state index is 0.318. The molecule has 0 aromatic carbocycles. The van der Waals surface area contributed by atoms with Gasteiger partial charge in [-0.3, -0.25) is 4.21 Å². The zero-order valence-corrected chi connectivity index (χ0v) is 19.7. The van der Waals surface area contributed by atoms with E-state index in [1.54, 1.807) is 11.1 Å². The third-order valence-corrected chi connectivity index (χ3v) is 7.55. The zero-order valence-electron chi connectivity index (χ0n) is 18.9. The average molecular weight is 394 g/mol. The van der Waals surface area contributed by atoms with E-state index in [9.17, 15) is 8.76 Å². The third-order valence-electron chi connectivity index (χ3n) is 6.59. The van der Waals surface area contributed by atoms with Crippen molar-refractivity contribution in [2.24, 2.45) is 17.3 Å². The summed E-state index contributed by atoms with van der Waals surface area (Å²) in [5.41, 5.74) is 6.22. The lowest BCUT2D eigenvalue weighted by molar-refractivity contribution is 0.304. The smallest absolute Gasteiger partial charge is 0.0395 e. The van der Waals surface area contributed by atoms with Crippen molar-refractivity contribution in [2.75, 3.05) is 0 Å². The fraction of sp³-hybridized carbons (Fsp3) is 0.750. The summed E-state index contributed by atoms with van der Waals surface area (Å²) in [7, 11) is 0. The van der Waals surface area contributed by atoms with Crippen molar-refractivity contribution >= 4 is 11.1 Å². The van der Waals surface area contributed by atoms with Crippen LogP contribution in [0.2, 0.25) is 0 Å². The number of hydrogen-bond acceptors (Lipinski definition) is 2. The molecule has 0 amide bonds. The summed E-state index contributed by atoms with van der Waals surface area (Å²) < 4.78 is 22.4. The van der Waals surface area contributed by atoms with Crippen molar-refractivity contribution in [3.8, 4) is 0 Å². The van der Waals surface area contributed by atoms with E-state index < -0.39 is 11.1 Å². The maximum Gasteiger partial charge on any atom is 0.0395 e. The molecule has 0 saturated carbocycles. The Hall–Kier alpha value is -0.670. The lowest BCUT2D eigenvalue weighted by Crippen LogP contribution is -2.28. The standard InChI is InChI=1S/C24H42O2S/c1-9-22(27(25)26)16-17(2)12-10-13-18(3)20(5)21(6)23-19(4)14-11-15-24(23,7)8/h13,16,20-22H,9-12,14-15H2,1-8H3,(H,25,26)/p-1/b17-16+,18-13+. The molecule has 0 aliphatic heterocycles. The van der Waals surface area contributed by atoms with Gasteiger partial charge >= 0.3 is 0 Å². The van der Waals surface area contributed by atoms with Gasteiger partial charge in [0.15, 0.2) is 0 Å². The Morgan fingerprint density at radius 1 is 1.30 bits per heavy atom. The van der Waals surface area contributed by atoms with Crippen LogP contribution >= 0.6 is 0 Å². The summed E-state index contributed by atoms with van der Waals surface area (Å²) in [6.07, 6.45) is 10.7. The fourth-order valence-electron chi connectivity index (χ4n) is 4.72. The Morgan fingerprint density at radius 3 is 2.44 bits per heavy atom. The van der Waals surface area contributed by atoms with Crippen molar-refractivity contribution in [1.29, 1.82) is 0 Å². The molecule has 156 valence electrons. The first-order chi connectivity index (χ1) is 12.5. The highest BCUT2D eigenvalue weighted by Crippen LogP contribution is 2.46. The average Bonchev–Trinajstić information content (AvgIpc) is 2.57. The minimum atomic E-state index is -2.01. The first kappa shape index (κ1) is 24.4. The Balaban J connectivity index is 2.76. The molecule has 1 aliphatic carbocycles. The third kappa shape index (κ3) is 7.02. The first-order valence-electron chi connectivity index (χ1n) is 10.6. The van der Waals surface area contributed by atoms with Crippen LogP contribution in [-0.2, 0) is 11.1 Å². The van der Waals surface area contributed by atoms with Gasteiger partial charge in [-0.15, -0.1) is 0 Å². The fourth-order valence-corrected chi connectivity index (χ4v) is 5.33. The van der Waals surface area contributed by atoms with Crippen LogP contribution in [0.1, 0.15) is 93.9 Å². The monoisotopic (exact) mass is 393 g/mol. The maximum absolute atomic E-state index is 11.2. The van der Waals surface area contributed by atoms with Gasteiger partial charge in [0.25, 0.3) is 0 Å². The van der Waals surface area contributed by atoms with Crippen LogP contribution in [0.25, 0.3) is 0 Å². The van der Waals surface area contributed by atoms with Gasteiger partial charge in [0.05, 0.1) is 0 Å². The van der Waals surface area contributed by atoms with Gasteiger partial charge in [-0.05, 0) is 87.6 Å². The molecule has 1 aliphatic rings. The van der Waals surface area contributed by atoms with E-state index in [0.717, 1.165) is 12.8 Å². The predicted molar refractivity (Wildman–Crippen MR) is 118 cm³/mol. The van der Waals surface area contributed by atoms with Crippen molar-refractivity contribution in [1.82, 2.24) is 0 Å². The van der Waals surface area contributed by atoms with E-state index in [1.165, 1.54) is 30.4 Å². The van der Waals surface area contributed by atoms with Crippen LogP contribution in [0, 0.1) is 17.3 Å². The molecular formula is C24H41O2S-. The van der Waals surface area contributed by atoms with Gasteiger partial charge in [0.1, 0.15) is 0 Å². The summed E-state index contributed by atoms with van der Waals surface area (Å²) in [5.74, 6) is 1.11. The molecule has 27 heavy (non-hydrogen) atoms. The summed E-state index contributed by atoms with van der Waals surface area (Å²) in [6, 6.07) is 0. The van der Waals surface area contributed by atoms with E-state index in [2.05, 4.69) is 47.6 Å². The molecule has 0 aromatic rings. The molecule has 4 unspecified atom stereocenters. The highest BCUT2D eigenvalue weighted by molar-refractivity contribution is 7.80. The molecule has 0 aromatic heterocycles. The van der Waals surface area contributed by atoms with Gasteiger partial charge in [0.2, 0.25) is 0 Å². The summed E-state index contributed by atoms with van der Waals surface area (Å²) in [4.78, 5) is 0. The quantitative estimate of drug-likeness (QED) is 0.309. The van der Waals surface area contributed by atoms with Crippen LogP contribution in [0.15, 0.2) is 34.4 Å². The number of hydrogen-bond donors (Lipinski definition) is 0. The molecule has 0 heterocycles. The topological polar surface area (TPSA) is 40.1 Å². The molecule has 0 radical (unpaired) electrons. The van der Waals surface area contributed by atoms with Gasteiger partial charge in [0, 0.05) is 5.25 Å². The highest BCUT2D eigenvalue weighted by Gasteiger charge is 2.33. The minimum Gasteiger partial charge on any atom is -0.772 e. The Bertz CT molecular complexity index is 610. The molecule has 1 rings (SSSR count). The number of allylic oxidation sites excluding steroid dienone is 5. The Labute approximate surface area is 170 Å². The molecular weight excluding hydrogens is 352 g/mol. The second kappa shape index (κ2) is 10.8. The second-order valence-corrected chi connectivity index (χ2v) is 10.3. The SMILES string of the molecule is CCC(/C=C(\C)CC/C=C(\C)C(C)C(C)C1=C(C)CCCC1(C)C)S(=O)[O-]. The van der Waals surface area contributed by atoms with Crippen LogP contribution in [-0.4, -0.2) is 14.0 Å². The van der Waals surface area contributed by atoms with Crippen LogP contribution in [0.5, 0.6) is 0 Å². The Morgan fingerprint density at radius 2 is 1.93 bits per heavy atom. The lowest BCUT2D eigenvalue weighted by Gasteiger charge is -2.40. The van der Waals surface area contributed by atoms with Gasteiger partial charge in [-0.1, -0.05) is 69.1 Å². The van der Waals surface area contributed by atoms with E-state index in [4.69, 9.17) is 0 Å². The molecule has 4 atom stereocenters. The van der Waals surface area contributed by atoms with Crippen molar-refractivity contribution in [3.63, 3.8) is 0 Å². The highest BCUT2D eigenvalue weighted by atomic mass is 32.2. The molecule has 0 fully saturated rings. The van der Waals surface area contributed by atoms with Crippen LogP contribution < -0.4 is 0 Å². The molecule has 0 bridgehead atoms. The Kier molecular flexibility index (Phi) is 9.71. The maximum atomic E-state index is 11.2. The predicted octanol–water partition coefficient (Wildman–Crippen LogP) is 7.12. The van der Waals surface area contributed by atoms with E-state index >= 15 is 0 Å². The zero-order chi connectivity index (χ0) is 20.8. The molecule has 0 spiro atoms. The number of rotatable bonds is 9. The van der Waals surface area contributed by atoms with Gasteiger partial charge < -0.3 is 4.55 Å². The lowest BCUT2D eigenvalue weighted by atomic mass is 9.65. The van der Waals surface area contributed by atoms with Crippen molar-refractivity contribution in [2.45, 2.75) is 99.2 Å². The first-order valence-corrected chi connectivity index (χ1v) is 11.8. The normalized spacial score (nSPS) is 23.1. The van der Waals surface area contributed by atoms with Gasteiger partial charge in [-0.25, -0.2) is 0 Å².